The fourth-order valence-electron chi connectivity index (χ4n) is 2.25. The van der Waals surface area contributed by atoms with E-state index in [-0.39, 0.29) is 11.5 Å². The van der Waals surface area contributed by atoms with Crippen molar-refractivity contribution >= 4 is 11.8 Å². The van der Waals surface area contributed by atoms with Gasteiger partial charge >= 0.3 is 6.09 Å². The molecule has 3 heteroatoms. The lowest BCUT2D eigenvalue weighted by Crippen LogP contribution is -2.41. The molecule has 1 unspecified atom stereocenters. The highest BCUT2D eigenvalue weighted by Crippen LogP contribution is 2.44. The third-order valence-corrected chi connectivity index (χ3v) is 3.50. The second kappa shape index (κ2) is 2.99. The van der Waals surface area contributed by atoms with Crippen molar-refractivity contribution in [2.75, 3.05) is 4.90 Å². The molecule has 15 heavy (non-hydrogen) atoms. The Kier molecular flexibility index (Phi) is 2.00. The van der Waals surface area contributed by atoms with Gasteiger partial charge in [0.15, 0.2) is 0 Å². The summed E-state index contributed by atoms with van der Waals surface area (Å²) in [5.74, 6) is 0. The van der Waals surface area contributed by atoms with Crippen molar-refractivity contribution in [2.24, 2.45) is 0 Å². The predicted octanol–water partition coefficient (Wildman–Crippen LogP) is 2.85. The van der Waals surface area contributed by atoms with Gasteiger partial charge in [-0.15, -0.1) is 0 Å². The van der Waals surface area contributed by atoms with Crippen LogP contribution >= 0.6 is 0 Å². The molecule has 1 heterocycles. The number of anilines is 1. The van der Waals surface area contributed by atoms with Crippen LogP contribution in [0.3, 0.4) is 0 Å². The molecular formula is C12H15NO2. The fraction of sp³-hybridized carbons (Fsp3) is 0.417. The first-order valence-corrected chi connectivity index (χ1v) is 5.08. The lowest BCUT2D eigenvalue weighted by Gasteiger charge is -2.28. The largest absolute Gasteiger partial charge is 0.465 e. The zero-order valence-electron chi connectivity index (χ0n) is 9.19. The van der Waals surface area contributed by atoms with Crippen LogP contribution in [0.5, 0.6) is 0 Å². The monoisotopic (exact) mass is 205 g/mol. The van der Waals surface area contributed by atoms with Crippen molar-refractivity contribution < 1.29 is 9.90 Å². The Morgan fingerprint density at radius 1 is 1.40 bits per heavy atom. The van der Waals surface area contributed by atoms with Crippen LogP contribution in [0.1, 0.15) is 26.3 Å². The Bertz CT molecular complexity index is 412. The Balaban J connectivity index is 2.62. The summed E-state index contributed by atoms with van der Waals surface area (Å²) in [6.07, 6.45) is -0.875. The zero-order valence-corrected chi connectivity index (χ0v) is 9.19. The van der Waals surface area contributed by atoms with E-state index in [1.165, 1.54) is 4.90 Å². The number of hydrogen-bond donors (Lipinski definition) is 1. The van der Waals surface area contributed by atoms with Crippen LogP contribution in [-0.2, 0) is 5.41 Å². The van der Waals surface area contributed by atoms with Crippen LogP contribution in [0.25, 0.3) is 0 Å². The number of para-hydroxylation sites is 1. The summed E-state index contributed by atoms with van der Waals surface area (Å²) in [6.45, 7) is 6.12. The number of rotatable bonds is 0. The van der Waals surface area contributed by atoms with Gasteiger partial charge in [-0.1, -0.05) is 32.0 Å². The zero-order chi connectivity index (χ0) is 11.2. The van der Waals surface area contributed by atoms with Gasteiger partial charge in [-0.3, -0.25) is 4.90 Å². The van der Waals surface area contributed by atoms with Gasteiger partial charge in [0, 0.05) is 11.5 Å². The average Bonchev–Trinajstić information content (AvgIpc) is 2.36. The molecule has 0 aromatic heterocycles. The van der Waals surface area contributed by atoms with Crippen molar-refractivity contribution in [1.29, 1.82) is 0 Å². The maximum Gasteiger partial charge on any atom is 0.412 e. The van der Waals surface area contributed by atoms with E-state index in [0.29, 0.717) is 0 Å². The number of carboxylic acid groups (broad SMARTS) is 1. The Morgan fingerprint density at radius 2 is 2.00 bits per heavy atom. The molecule has 0 bridgehead atoms. The number of fused-ring (bicyclic) bond motifs is 1. The SMILES string of the molecule is CC1N(C(=O)O)c2ccccc2C1(C)C. The van der Waals surface area contributed by atoms with E-state index in [1.54, 1.807) is 0 Å². The molecule has 1 aromatic rings. The molecule has 1 aliphatic heterocycles. The highest BCUT2D eigenvalue weighted by Gasteiger charge is 2.44. The Morgan fingerprint density at radius 3 is 2.60 bits per heavy atom. The number of carbonyl (C=O) groups is 1. The van der Waals surface area contributed by atoms with E-state index in [9.17, 15) is 9.90 Å². The Hall–Kier alpha value is -1.51. The third kappa shape index (κ3) is 1.23. The first-order chi connectivity index (χ1) is 6.96. The maximum atomic E-state index is 11.2. The fourth-order valence-corrected chi connectivity index (χ4v) is 2.25. The molecule has 1 atom stereocenters. The summed E-state index contributed by atoms with van der Waals surface area (Å²) in [5, 5.41) is 9.19. The van der Waals surface area contributed by atoms with E-state index >= 15 is 0 Å². The molecule has 1 amide bonds. The number of nitrogens with zero attached hydrogens (tertiary/aromatic N) is 1. The minimum Gasteiger partial charge on any atom is -0.465 e. The van der Waals surface area contributed by atoms with Gasteiger partial charge in [0.25, 0.3) is 0 Å². The molecule has 2 rings (SSSR count). The lowest BCUT2D eigenvalue weighted by molar-refractivity contribution is 0.198. The molecule has 0 saturated heterocycles. The molecule has 1 N–H and O–H groups in total. The topological polar surface area (TPSA) is 40.5 Å². The molecule has 0 radical (unpaired) electrons. The quantitative estimate of drug-likeness (QED) is 0.707. The van der Waals surface area contributed by atoms with Crippen molar-refractivity contribution in [3.63, 3.8) is 0 Å². The van der Waals surface area contributed by atoms with Crippen LogP contribution in [0.2, 0.25) is 0 Å². The number of amides is 1. The third-order valence-electron chi connectivity index (χ3n) is 3.50. The van der Waals surface area contributed by atoms with Crippen LogP contribution in [0.15, 0.2) is 24.3 Å². The summed E-state index contributed by atoms with van der Waals surface area (Å²) in [6, 6.07) is 7.69. The second-order valence-electron chi connectivity index (χ2n) is 4.57. The summed E-state index contributed by atoms with van der Waals surface area (Å²) in [5.41, 5.74) is 1.82. The summed E-state index contributed by atoms with van der Waals surface area (Å²) < 4.78 is 0. The van der Waals surface area contributed by atoms with Gasteiger partial charge < -0.3 is 5.11 Å². The molecule has 1 aliphatic rings. The molecule has 0 saturated carbocycles. The first-order valence-electron chi connectivity index (χ1n) is 5.08. The van der Waals surface area contributed by atoms with Gasteiger partial charge in [0.2, 0.25) is 0 Å². The first kappa shape index (κ1) is 10.0. The van der Waals surface area contributed by atoms with Gasteiger partial charge in [-0.05, 0) is 18.6 Å². The minimum atomic E-state index is -0.875. The normalized spacial score (nSPS) is 22.6. The lowest BCUT2D eigenvalue weighted by atomic mass is 9.81. The van der Waals surface area contributed by atoms with Crippen molar-refractivity contribution in [3.05, 3.63) is 29.8 Å². The van der Waals surface area contributed by atoms with Crippen molar-refractivity contribution in [1.82, 2.24) is 0 Å². The summed E-state index contributed by atoms with van der Waals surface area (Å²) >= 11 is 0. The highest BCUT2D eigenvalue weighted by atomic mass is 16.4. The minimum absolute atomic E-state index is 0.0209. The van der Waals surface area contributed by atoms with Gasteiger partial charge in [0.05, 0.1) is 5.69 Å². The molecule has 0 aliphatic carbocycles. The van der Waals surface area contributed by atoms with Gasteiger partial charge in [0.1, 0.15) is 0 Å². The van der Waals surface area contributed by atoms with E-state index in [0.717, 1.165) is 11.3 Å². The van der Waals surface area contributed by atoms with Crippen LogP contribution in [0, 0.1) is 0 Å². The molecule has 80 valence electrons. The Labute approximate surface area is 89.3 Å². The standard InChI is InChI=1S/C12H15NO2/c1-8-12(2,3)9-6-4-5-7-10(9)13(8)11(14)15/h4-8H,1-3H3,(H,14,15). The smallest absolute Gasteiger partial charge is 0.412 e. The van der Waals surface area contributed by atoms with Crippen LogP contribution in [-0.4, -0.2) is 17.2 Å². The number of benzene rings is 1. The summed E-state index contributed by atoms with van der Waals surface area (Å²) in [4.78, 5) is 12.6. The molecule has 0 fully saturated rings. The molecule has 1 aromatic carbocycles. The van der Waals surface area contributed by atoms with Crippen molar-refractivity contribution in [3.8, 4) is 0 Å². The second-order valence-corrected chi connectivity index (χ2v) is 4.57. The maximum absolute atomic E-state index is 11.2. The van der Waals surface area contributed by atoms with Crippen LogP contribution in [0.4, 0.5) is 10.5 Å². The van der Waals surface area contributed by atoms with E-state index < -0.39 is 6.09 Å². The predicted molar refractivity (Wildman–Crippen MR) is 59.4 cm³/mol. The van der Waals surface area contributed by atoms with Crippen LogP contribution < -0.4 is 4.90 Å². The van der Waals surface area contributed by atoms with Gasteiger partial charge in [-0.25, -0.2) is 4.79 Å². The number of hydrogen-bond acceptors (Lipinski definition) is 1. The average molecular weight is 205 g/mol. The molecule has 0 spiro atoms. The van der Waals surface area contributed by atoms with Crippen molar-refractivity contribution in [2.45, 2.75) is 32.2 Å². The molecule has 3 nitrogen and oxygen atoms in total. The molecular weight excluding hydrogens is 190 g/mol. The summed E-state index contributed by atoms with van der Waals surface area (Å²) in [7, 11) is 0. The van der Waals surface area contributed by atoms with Gasteiger partial charge in [-0.2, -0.15) is 0 Å². The van der Waals surface area contributed by atoms with E-state index in [4.69, 9.17) is 0 Å². The van der Waals surface area contributed by atoms with E-state index in [2.05, 4.69) is 13.8 Å². The highest BCUT2D eigenvalue weighted by molar-refractivity contribution is 5.91. The van der Waals surface area contributed by atoms with E-state index in [1.807, 2.05) is 31.2 Å².